The smallest absolute Gasteiger partial charge is 0.326 e. The molecule has 130 valence electrons. The molecule has 1 aliphatic rings. The van der Waals surface area contributed by atoms with E-state index in [0.717, 1.165) is 30.7 Å². The van der Waals surface area contributed by atoms with Crippen molar-refractivity contribution in [2.24, 2.45) is 7.05 Å². The molecule has 1 amide bonds. The maximum atomic E-state index is 12.9. The van der Waals surface area contributed by atoms with Gasteiger partial charge in [-0.1, -0.05) is 0 Å². The monoisotopic (exact) mass is 339 g/mol. The summed E-state index contributed by atoms with van der Waals surface area (Å²) in [6.07, 6.45) is 5.80. The molecular weight excluding hydrogens is 318 g/mol. The van der Waals surface area contributed by atoms with Crippen LogP contribution in [-0.4, -0.2) is 43.0 Å². The molecule has 7 heteroatoms. The largest absolute Gasteiger partial charge is 0.337 e. The lowest BCUT2D eigenvalue weighted by molar-refractivity contribution is 0.0678. The first-order valence-corrected chi connectivity index (χ1v) is 8.52. The zero-order valence-corrected chi connectivity index (χ0v) is 14.4. The molecule has 25 heavy (non-hydrogen) atoms. The highest BCUT2D eigenvalue weighted by molar-refractivity contribution is 5.97. The summed E-state index contributed by atoms with van der Waals surface area (Å²) in [5, 5.41) is 0. The zero-order valence-electron chi connectivity index (χ0n) is 14.4. The molecule has 1 unspecified atom stereocenters. The van der Waals surface area contributed by atoms with Crippen LogP contribution in [0.5, 0.6) is 0 Å². The second kappa shape index (κ2) is 5.91. The van der Waals surface area contributed by atoms with E-state index in [1.54, 1.807) is 29.9 Å². The van der Waals surface area contributed by atoms with Gasteiger partial charge in [0.15, 0.2) is 0 Å². The first kappa shape index (κ1) is 15.7. The van der Waals surface area contributed by atoms with Crippen molar-refractivity contribution in [3.63, 3.8) is 0 Å². The molecule has 1 aliphatic heterocycles. The van der Waals surface area contributed by atoms with Crippen molar-refractivity contribution in [1.82, 2.24) is 24.0 Å². The van der Waals surface area contributed by atoms with Gasteiger partial charge in [0.05, 0.1) is 17.1 Å². The van der Waals surface area contributed by atoms with E-state index in [2.05, 4.69) is 14.5 Å². The number of aryl methyl sites for hydroxylation is 2. The lowest BCUT2D eigenvalue weighted by atomic mass is 10.0. The molecule has 1 aromatic carbocycles. The Morgan fingerprint density at radius 3 is 2.96 bits per heavy atom. The number of hydrogen-bond acceptors (Lipinski definition) is 3. The molecule has 7 nitrogen and oxygen atoms in total. The van der Waals surface area contributed by atoms with Crippen LogP contribution in [0.1, 0.15) is 35.1 Å². The van der Waals surface area contributed by atoms with E-state index in [1.165, 1.54) is 0 Å². The van der Waals surface area contributed by atoms with Gasteiger partial charge < -0.3 is 14.5 Å². The van der Waals surface area contributed by atoms with E-state index in [0.29, 0.717) is 17.6 Å². The highest BCUT2D eigenvalue weighted by Gasteiger charge is 2.26. The third-order valence-electron chi connectivity index (χ3n) is 5.09. The molecule has 0 radical (unpaired) electrons. The van der Waals surface area contributed by atoms with Crippen molar-refractivity contribution in [1.29, 1.82) is 0 Å². The van der Waals surface area contributed by atoms with Crippen LogP contribution in [0.25, 0.3) is 11.0 Å². The Balaban J connectivity index is 1.60. The molecule has 4 rings (SSSR count). The fourth-order valence-corrected chi connectivity index (χ4v) is 3.69. The highest BCUT2D eigenvalue weighted by Crippen LogP contribution is 2.24. The van der Waals surface area contributed by atoms with Gasteiger partial charge in [-0.25, -0.2) is 9.78 Å². The standard InChI is InChI=1S/C18H21N5O2/c1-12-19-7-9-23(12)14-4-3-8-22(11-14)17(24)13-5-6-16-15(10-13)20-18(25)21(16)2/h5-7,9-10,14H,3-4,8,11H2,1-2H3,(H,20,25). The molecule has 1 saturated heterocycles. The molecule has 0 spiro atoms. The van der Waals surface area contributed by atoms with E-state index in [4.69, 9.17) is 0 Å². The van der Waals surface area contributed by atoms with Crippen molar-refractivity contribution in [2.75, 3.05) is 13.1 Å². The van der Waals surface area contributed by atoms with E-state index >= 15 is 0 Å². The highest BCUT2D eigenvalue weighted by atomic mass is 16.2. The number of rotatable bonds is 2. The van der Waals surface area contributed by atoms with Gasteiger partial charge in [-0.05, 0) is 38.0 Å². The molecule has 1 N–H and O–H groups in total. The number of aromatic amines is 1. The minimum atomic E-state index is -0.173. The normalized spacial score (nSPS) is 18.0. The van der Waals surface area contributed by atoms with E-state index in [9.17, 15) is 9.59 Å². The van der Waals surface area contributed by atoms with Crippen molar-refractivity contribution < 1.29 is 4.79 Å². The number of benzene rings is 1. The van der Waals surface area contributed by atoms with E-state index in [1.807, 2.05) is 24.1 Å². The predicted molar refractivity (Wildman–Crippen MR) is 94.7 cm³/mol. The van der Waals surface area contributed by atoms with Crippen LogP contribution in [0.3, 0.4) is 0 Å². The van der Waals surface area contributed by atoms with E-state index < -0.39 is 0 Å². The number of hydrogen-bond donors (Lipinski definition) is 1. The van der Waals surface area contributed by atoms with Gasteiger partial charge in [-0.2, -0.15) is 0 Å². The van der Waals surface area contributed by atoms with Crippen molar-refractivity contribution >= 4 is 16.9 Å². The van der Waals surface area contributed by atoms with Gasteiger partial charge in [0.1, 0.15) is 5.82 Å². The third-order valence-corrected chi connectivity index (χ3v) is 5.09. The number of carbonyl (C=O) groups is 1. The van der Waals surface area contributed by atoms with Gasteiger partial charge in [0.2, 0.25) is 0 Å². The lowest BCUT2D eigenvalue weighted by Gasteiger charge is -2.34. The van der Waals surface area contributed by atoms with Gasteiger partial charge in [-0.15, -0.1) is 0 Å². The number of aromatic nitrogens is 4. The third kappa shape index (κ3) is 2.65. The Kier molecular flexibility index (Phi) is 3.71. The molecule has 0 saturated carbocycles. The van der Waals surface area contributed by atoms with Crippen LogP contribution in [0, 0.1) is 6.92 Å². The first-order chi connectivity index (χ1) is 12.0. The van der Waals surface area contributed by atoms with Crippen molar-refractivity contribution in [3.05, 3.63) is 52.5 Å². The Morgan fingerprint density at radius 1 is 1.36 bits per heavy atom. The fraction of sp³-hybridized carbons (Fsp3) is 0.389. The van der Waals surface area contributed by atoms with Crippen LogP contribution in [0.4, 0.5) is 0 Å². The molecule has 3 heterocycles. The molecule has 1 fully saturated rings. The second-order valence-electron chi connectivity index (χ2n) is 6.65. The molecule has 3 aromatic rings. The Hall–Kier alpha value is -2.83. The Labute approximate surface area is 144 Å². The molecule has 1 atom stereocenters. The van der Waals surface area contributed by atoms with Gasteiger partial charge in [-0.3, -0.25) is 9.36 Å². The first-order valence-electron chi connectivity index (χ1n) is 8.52. The summed E-state index contributed by atoms with van der Waals surface area (Å²) in [6.45, 7) is 3.42. The quantitative estimate of drug-likeness (QED) is 0.774. The van der Waals surface area contributed by atoms with Gasteiger partial charge >= 0.3 is 5.69 Å². The molecule has 0 aliphatic carbocycles. The number of nitrogens with one attached hydrogen (secondary N) is 1. The second-order valence-corrected chi connectivity index (χ2v) is 6.65. The van der Waals surface area contributed by atoms with Crippen LogP contribution in [0.2, 0.25) is 0 Å². The summed E-state index contributed by atoms with van der Waals surface area (Å²) in [7, 11) is 1.71. The number of piperidine rings is 1. The summed E-state index contributed by atoms with van der Waals surface area (Å²) in [5.41, 5.74) is 1.93. The number of H-pyrrole nitrogens is 1. The summed E-state index contributed by atoms with van der Waals surface area (Å²) >= 11 is 0. The lowest BCUT2D eigenvalue weighted by Crippen LogP contribution is -2.40. The summed E-state index contributed by atoms with van der Waals surface area (Å²) < 4.78 is 3.69. The van der Waals surface area contributed by atoms with Gasteiger partial charge in [0.25, 0.3) is 5.91 Å². The van der Waals surface area contributed by atoms with Crippen LogP contribution < -0.4 is 5.69 Å². The van der Waals surface area contributed by atoms with Crippen LogP contribution in [0.15, 0.2) is 35.4 Å². The number of nitrogens with zero attached hydrogens (tertiary/aromatic N) is 4. The maximum absolute atomic E-state index is 12.9. The number of likely N-dealkylation sites (tertiary alicyclic amines) is 1. The molecule has 0 bridgehead atoms. The maximum Gasteiger partial charge on any atom is 0.326 e. The van der Waals surface area contributed by atoms with Crippen LogP contribution in [-0.2, 0) is 7.05 Å². The zero-order chi connectivity index (χ0) is 17.6. The minimum Gasteiger partial charge on any atom is -0.337 e. The molecular formula is C18H21N5O2. The van der Waals surface area contributed by atoms with Crippen molar-refractivity contribution in [3.8, 4) is 0 Å². The number of carbonyl (C=O) groups excluding carboxylic acids is 1. The van der Waals surface area contributed by atoms with Crippen molar-refractivity contribution in [2.45, 2.75) is 25.8 Å². The molecule has 2 aromatic heterocycles. The average Bonchev–Trinajstić information content (AvgIpc) is 3.17. The summed E-state index contributed by atoms with van der Waals surface area (Å²) in [6, 6.07) is 5.65. The number of amides is 1. The fourth-order valence-electron chi connectivity index (χ4n) is 3.69. The summed E-state index contributed by atoms with van der Waals surface area (Å²) in [4.78, 5) is 33.6. The number of imidazole rings is 2. The Bertz CT molecular complexity index is 996. The van der Waals surface area contributed by atoms with E-state index in [-0.39, 0.29) is 17.6 Å². The Morgan fingerprint density at radius 2 is 2.20 bits per heavy atom. The SMILES string of the molecule is Cc1nccn1C1CCCN(C(=O)c2ccc3c(c2)[nH]c(=O)n3C)C1. The number of fused-ring (bicyclic) bond motifs is 1. The van der Waals surface area contributed by atoms with Gasteiger partial charge in [0, 0.05) is 38.1 Å². The minimum absolute atomic E-state index is 0.00840. The average molecular weight is 339 g/mol. The van der Waals surface area contributed by atoms with Crippen LogP contribution >= 0.6 is 0 Å². The summed E-state index contributed by atoms with van der Waals surface area (Å²) in [5.74, 6) is 0.983. The topological polar surface area (TPSA) is 75.9 Å². The predicted octanol–water partition coefficient (Wildman–Crippen LogP) is 1.85.